The molecule has 1 atom stereocenters. The monoisotopic (exact) mass is 193 g/mol. The predicted octanol–water partition coefficient (Wildman–Crippen LogP) is 1.63. The number of rotatable bonds is 2. The van der Waals surface area contributed by atoms with Gasteiger partial charge in [0.15, 0.2) is 0 Å². The van der Waals surface area contributed by atoms with Gasteiger partial charge in [0.05, 0.1) is 17.4 Å². The zero-order valence-corrected chi connectivity index (χ0v) is 7.64. The van der Waals surface area contributed by atoms with Gasteiger partial charge in [-0.25, -0.2) is 4.79 Å². The van der Waals surface area contributed by atoms with Gasteiger partial charge < -0.3 is 9.84 Å². The quantitative estimate of drug-likeness (QED) is 0.775. The lowest BCUT2D eigenvalue weighted by atomic mass is 10.1. The number of aromatic carboxylic acids is 1. The summed E-state index contributed by atoms with van der Waals surface area (Å²) in [6.07, 6.45) is 3.45. The summed E-state index contributed by atoms with van der Waals surface area (Å²) in [5, 5.41) is 8.67. The normalized spacial score (nSPS) is 21.0. The Kier molecular flexibility index (Phi) is 2.45. The highest BCUT2D eigenvalue weighted by molar-refractivity contribution is 5.87. The zero-order chi connectivity index (χ0) is 9.97. The second-order valence-electron chi connectivity index (χ2n) is 3.28. The molecule has 0 aliphatic carbocycles. The Labute approximate surface area is 81.5 Å². The molecule has 1 fully saturated rings. The van der Waals surface area contributed by atoms with Crippen LogP contribution in [0.1, 0.15) is 35.0 Å². The summed E-state index contributed by atoms with van der Waals surface area (Å²) in [6, 6.07) is 3.28. The van der Waals surface area contributed by atoms with E-state index in [9.17, 15) is 4.79 Å². The maximum absolute atomic E-state index is 10.6. The van der Waals surface area contributed by atoms with Gasteiger partial charge in [0, 0.05) is 12.8 Å². The number of aromatic nitrogens is 1. The lowest BCUT2D eigenvalue weighted by Gasteiger charge is -2.07. The summed E-state index contributed by atoms with van der Waals surface area (Å²) in [5.41, 5.74) is 1.04. The van der Waals surface area contributed by atoms with Crippen LogP contribution in [0.25, 0.3) is 0 Å². The summed E-state index contributed by atoms with van der Waals surface area (Å²) in [6.45, 7) is 0.771. The Bertz CT molecular complexity index is 328. The van der Waals surface area contributed by atoms with Crippen molar-refractivity contribution in [1.82, 2.24) is 4.98 Å². The molecule has 74 valence electrons. The molecule has 0 amide bonds. The fourth-order valence-corrected chi connectivity index (χ4v) is 1.53. The molecule has 4 nitrogen and oxygen atoms in total. The number of hydrogen-bond donors (Lipinski definition) is 1. The summed E-state index contributed by atoms with van der Waals surface area (Å²) in [5.74, 6) is -0.948. The summed E-state index contributed by atoms with van der Waals surface area (Å²) in [4.78, 5) is 14.6. The van der Waals surface area contributed by atoms with Crippen molar-refractivity contribution in [3.05, 3.63) is 29.6 Å². The van der Waals surface area contributed by atoms with Crippen LogP contribution in [-0.4, -0.2) is 22.7 Å². The van der Waals surface area contributed by atoms with E-state index in [0.29, 0.717) is 0 Å². The van der Waals surface area contributed by atoms with Crippen molar-refractivity contribution in [3.8, 4) is 0 Å². The van der Waals surface area contributed by atoms with Gasteiger partial charge in [0.1, 0.15) is 0 Å². The van der Waals surface area contributed by atoms with Crippen LogP contribution >= 0.6 is 0 Å². The summed E-state index contributed by atoms with van der Waals surface area (Å²) < 4.78 is 5.43. The van der Waals surface area contributed by atoms with E-state index in [2.05, 4.69) is 4.98 Å². The number of carboxylic acids is 1. The molecule has 4 heteroatoms. The van der Waals surface area contributed by atoms with Crippen LogP contribution in [0.4, 0.5) is 0 Å². The highest BCUT2D eigenvalue weighted by Gasteiger charge is 2.18. The molecule has 0 bridgehead atoms. The third kappa shape index (κ3) is 1.75. The molecule has 14 heavy (non-hydrogen) atoms. The molecule has 1 unspecified atom stereocenters. The smallest absolute Gasteiger partial charge is 0.337 e. The fourth-order valence-electron chi connectivity index (χ4n) is 1.53. The van der Waals surface area contributed by atoms with Gasteiger partial charge in [-0.05, 0) is 25.0 Å². The number of hydrogen-bond acceptors (Lipinski definition) is 3. The van der Waals surface area contributed by atoms with E-state index >= 15 is 0 Å². The van der Waals surface area contributed by atoms with Crippen LogP contribution in [0.2, 0.25) is 0 Å². The van der Waals surface area contributed by atoms with E-state index in [0.717, 1.165) is 25.1 Å². The largest absolute Gasteiger partial charge is 0.478 e. The molecular weight excluding hydrogens is 182 g/mol. The highest BCUT2D eigenvalue weighted by atomic mass is 16.5. The molecule has 2 heterocycles. The van der Waals surface area contributed by atoms with Gasteiger partial charge in [-0.3, -0.25) is 4.98 Å². The molecule has 0 saturated carbocycles. The van der Waals surface area contributed by atoms with Crippen molar-refractivity contribution < 1.29 is 14.6 Å². The second kappa shape index (κ2) is 3.75. The maximum atomic E-state index is 10.6. The van der Waals surface area contributed by atoms with Crippen LogP contribution in [0, 0.1) is 0 Å². The molecule has 1 aliphatic heterocycles. The molecule has 1 aromatic heterocycles. The third-order valence-electron chi connectivity index (χ3n) is 2.29. The van der Waals surface area contributed by atoms with Gasteiger partial charge in [-0.15, -0.1) is 0 Å². The van der Waals surface area contributed by atoms with E-state index in [1.807, 2.05) is 0 Å². The van der Waals surface area contributed by atoms with Crippen LogP contribution in [0.3, 0.4) is 0 Å². The number of carbonyl (C=O) groups is 1. The lowest BCUT2D eigenvalue weighted by Crippen LogP contribution is -2.02. The minimum Gasteiger partial charge on any atom is -0.478 e. The van der Waals surface area contributed by atoms with Crippen molar-refractivity contribution in [2.24, 2.45) is 0 Å². The van der Waals surface area contributed by atoms with Gasteiger partial charge in [-0.1, -0.05) is 0 Å². The summed E-state index contributed by atoms with van der Waals surface area (Å²) in [7, 11) is 0. The first-order valence-electron chi connectivity index (χ1n) is 4.58. The molecule has 0 radical (unpaired) electrons. The van der Waals surface area contributed by atoms with Crippen molar-refractivity contribution >= 4 is 5.97 Å². The predicted molar refractivity (Wildman–Crippen MR) is 49.1 cm³/mol. The first kappa shape index (κ1) is 9.15. The Morgan fingerprint density at radius 2 is 2.43 bits per heavy atom. The van der Waals surface area contributed by atoms with Crippen LogP contribution < -0.4 is 0 Å². The molecule has 2 rings (SSSR count). The average molecular weight is 193 g/mol. The lowest BCUT2D eigenvalue weighted by molar-refractivity contribution is 0.0695. The average Bonchev–Trinajstić information content (AvgIpc) is 2.71. The van der Waals surface area contributed by atoms with Gasteiger partial charge in [0.2, 0.25) is 0 Å². The number of carboxylic acid groups (broad SMARTS) is 1. The molecule has 1 aliphatic rings. The molecule has 0 aromatic carbocycles. The topological polar surface area (TPSA) is 59.4 Å². The fraction of sp³-hybridized carbons (Fsp3) is 0.400. The van der Waals surface area contributed by atoms with Crippen molar-refractivity contribution in [2.45, 2.75) is 18.9 Å². The molecule has 0 spiro atoms. The highest BCUT2D eigenvalue weighted by Crippen LogP contribution is 2.26. The SMILES string of the molecule is O=C(O)c1ccc(C2CCCO2)nc1. The zero-order valence-electron chi connectivity index (χ0n) is 7.64. The van der Waals surface area contributed by atoms with E-state index in [-0.39, 0.29) is 11.7 Å². The van der Waals surface area contributed by atoms with Gasteiger partial charge in [0.25, 0.3) is 0 Å². The molecular formula is C10H11NO3. The van der Waals surface area contributed by atoms with Crippen LogP contribution in [0.15, 0.2) is 18.3 Å². The minimum atomic E-state index is -0.948. The Morgan fingerprint density at radius 1 is 1.57 bits per heavy atom. The third-order valence-corrected chi connectivity index (χ3v) is 2.29. The van der Waals surface area contributed by atoms with E-state index in [4.69, 9.17) is 9.84 Å². The first-order chi connectivity index (χ1) is 6.77. The molecule has 1 N–H and O–H groups in total. The number of nitrogens with zero attached hydrogens (tertiary/aromatic N) is 1. The van der Waals surface area contributed by atoms with E-state index < -0.39 is 5.97 Å². The Morgan fingerprint density at radius 3 is 2.93 bits per heavy atom. The van der Waals surface area contributed by atoms with Gasteiger partial charge >= 0.3 is 5.97 Å². The Hall–Kier alpha value is -1.42. The van der Waals surface area contributed by atoms with Crippen molar-refractivity contribution in [2.75, 3.05) is 6.61 Å². The minimum absolute atomic E-state index is 0.0536. The second-order valence-corrected chi connectivity index (χ2v) is 3.28. The van der Waals surface area contributed by atoms with Gasteiger partial charge in [-0.2, -0.15) is 0 Å². The Balaban J connectivity index is 2.16. The van der Waals surface area contributed by atoms with Crippen molar-refractivity contribution in [1.29, 1.82) is 0 Å². The number of pyridine rings is 1. The van der Waals surface area contributed by atoms with Crippen LogP contribution in [0.5, 0.6) is 0 Å². The standard InChI is InChI=1S/C10H11NO3/c12-10(13)7-3-4-8(11-6-7)9-2-1-5-14-9/h3-4,6,9H,1-2,5H2,(H,12,13). The molecule has 1 saturated heterocycles. The van der Waals surface area contributed by atoms with Crippen molar-refractivity contribution in [3.63, 3.8) is 0 Å². The number of ether oxygens (including phenoxy) is 1. The van der Waals surface area contributed by atoms with Crippen LogP contribution in [-0.2, 0) is 4.74 Å². The maximum Gasteiger partial charge on any atom is 0.337 e. The van der Waals surface area contributed by atoms with E-state index in [1.165, 1.54) is 6.20 Å². The summed E-state index contributed by atoms with van der Waals surface area (Å²) >= 11 is 0. The molecule has 1 aromatic rings. The first-order valence-corrected chi connectivity index (χ1v) is 4.58. The van der Waals surface area contributed by atoms with E-state index in [1.54, 1.807) is 12.1 Å².